The number of aromatic nitrogens is 2. The number of nitrogens with zero attached hydrogens (tertiary/aromatic N) is 3. The number of rotatable bonds is 2. The zero-order valence-electron chi connectivity index (χ0n) is 19.4. The molecule has 4 aromatic rings. The van der Waals surface area contributed by atoms with Crippen molar-refractivity contribution in [2.75, 3.05) is 5.73 Å². The van der Waals surface area contributed by atoms with E-state index in [1.165, 1.54) is 19.1 Å². The van der Waals surface area contributed by atoms with Gasteiger partial charge in [0.2, 0.25) is 5.91 Å². The van der Waals surface area contributed by atoms with Gasteiger partial charge in [0.15, 0.2) is 5.76 Å². The number of carbonyl (C=O) groups is 1. The smallest absolute Gasteiger partial charge is 0.384 e. The average molecular weight is 493 g/mol. The van der Waals surface area contributed by atoms with E-state index in [9.17, 15) is 18.0 Å². The first-order chi connectivity index (χ1) is 17.0. The Labute approximate surface area is 204 Å². The topological polar surface area (TPSA) is 120 Å². The summed E-state index contributed by atoms with van der Waals surface area (Å²) >= 11 is 0. The molecule has 0 aliphatic carbocycles. The lowest BCUT2D eigenvalue weighted by atomic mass is 9.90. The van der Waals surface area contributed by atoms with Gasteiger partial charge in [-0.25, -0.2) is 4.98 Å². The molecule has 3 heterocycles. The van der Waals surface area contributed by atoms with Gasteiger partial charge in [0.05, 0.1) is 22.5 Å². The lowest BCUT2D eigenvalue weighted by Gasteiger charge is -2.14. The van der Waals surface area contributed by atoms with Crippen molar-refractivity contribution in [3.05, 3.63) is 88.9 Å². The monoisotopic (exact) mass is 493 g/mol. The number of alkyl halides is 3. The molecule has 0 spiro atoms. The van der Waals surface area contributed by atoms with Crippen molar-refractivity contribution in [2.24, 2.45) is 10.7 Å². The number of primary amides is 1. The van der Waals surface area contributed by atoms with Gasteiger partial charge in [-0.3, -0.25) is 9.79 Å². The molecule has 36 heavy (non-hydrogen) atoms. The van der Waals surface area contributed by atoms with E-state index in [0.29, 0.717) is 22.9 Å². The molecule has 0 radical (unpaired) electrons. The molecular weight excluding hydrogens is 471 g/mol. The van der Waals surface area contributed by atoms with E-state index in [0.717, 1.165) is 45.6 Å². The first-order valence-corrected chi connectivity index (χ1v) is 10.8. The van der Waals surface area contributed by atoms with Gasteiger partial charge in [-0.1, -0.05) is 29.4 Å². The van der Waals surface area contributed by atoms with Crippen molar-refractivity contribution in [3.8, 4) is 22.3 Å². The molecular formula is C26H22F3N5O2. The van der Waals surface area contributed by atoms with Crippen LogP contribution < -0.4 is 11.5 Å². The Morgan fingerprint density at radius 1 is 0.972 bits per heavy atom. The molecule has 1 aliphatic rings. The standard InChI is InChI=1S/C24H17F3N4O.C2H5NO/c1-13-22-18-8-4-15(16-5-9-21(28)29-11-16)10-19(18)23(30-12-20(22)32-31-13)14-2-6-17(7-3-14)24(25,26)27;1-2(3)4/h2-11H,12H2,1H3,(H2,28,29);1H3,(H2,3,4). The third kappa shape index (κ3) is 5.12. The van der Waals surface area contributed by atoms with Gasteiger partial charge in [0.1, 0.15) is 12.4 Å². The molecule has 2 aromatic heterocycles. The predicted octanol–water partition coefficient (Wildman–Crippen LogP) is 5.16. The quantitative estimate of drug-likeness (QED) is 0.400. The maximum Gasteiger partial charge on any atom is 0.416 e. The summed E-state index contributed by atoms with van der Waals surface area (Å²) in [6.45, 7) is 3.40. The van der Waals surface area contributed by atoms with Crippen LogP contribution in [0.5, 0.6) is 0 Å². The third-order valence-electron chi connectivity index (χ3n) is 5.46. The number of hydrogen-bond acceptors (Lipinski definition) is 6. The number of amides is 1. The van der Waals surface area contributed by atoms with Crippen LogP contribution in [0, 0.1) is 6.92 Å². The summed E-state index contributed by atoms with van der Waals surface area (Å²) in [6.07, 6.45) is -2.72. The molecule has 1 amide bonds. The predicted molar refractivity (Wildman–Crippen MR) is 130 cm³/mol. The van der Waals surface area contributed by atoms with E-state index < -0.39 is 11.7 Å². The van der Waals surface area contributed by atoms with E-state index in [1.807, 2.05) is 31.2 Å². The molecule has 5 rings (SSSR count). The Kier molecular flexibility index (Phi) is 6.61. The van der Waals surface area contributed by atoms with E-state index in [-0.39, 0.29) is 12.5 Å². The molecule has 184 valence electrons. The molecule has 0 unspecified atom stereocenters. The van der Waals surface area contributed by atoms with Gasteiger partial charge in [0, 0.05) is 29.8 Å². The van der Waals surface area contributed by atoms with Crippen LogP contribution in [0.4, 0.5) is 19.0 Å². The molecule has 0 saturated heterocycles. The number of hydrogen-bond donors (Lipinski definition) is 2. The number of carbonyl (C=O) groups excluding carboxylic acids is 1. The number of aliphatic imine (C=N–C) groups is 1. The Bertz CT molecular complexity index is 1440. The van der Waals surface area contributed by atoms with Crippen LogP contribution in [-0.4, -0.2) is 21.8 Å². The fraction of sp³-hybridized carbons (Fsp3) is 0.154. The number of nitrogen functional groups attached to an aromatic ring is 1. The molecule has 10 heteroatoms. The van der Waals surface area contributed by atoms with Gasteiger partial charge in [-0.05, 0) is 48.4 Å². The van der Waals surface area contributed by atoms with Crippen molar-refractivity contribution in [1.29, 1.82) is 0 Å². The molecule has 7 nitrogen and oxygen atoms in total. The highest BCUT2D eigenvalue weighted by molar-refractivity contribution is 6.17. The van der Waals surface area contributed by atoms with Crippen molar-refractivity contribution in [2.45, 2.75) is 26.6 Å². The summed E-state index contributed by atoms with van der Waals surface area (Å²) in [7, 11) is 0. The zero-order chi connectivity index (χ0) is 26.0. The minimum atomic E-state index is -4.40. The summed E-state index contributed by atoms with van der Waals surface area (Å²) in [5.41, 5.74) is 15.6. The summed E-state index contributed by atoms with van der Waals surface area (Å²) in [5, 5.41) is 4.07. The molecule has 1 aliphatic heterocycles. The normalized spacial score (nSPS) is 12.4. The van der Waals surface area contributed by atoms with Gasteiger partial charge >= 0.3 is 6.18 Å². The SMILES string of the molecule is CC(N)=O.Cc1noc2c1-c1ccc(-c3ccc(N)nc3)cc1C(c1ccc(C(F)(F)F)cc1)=NC2. The first kappa shape index (κ1) is 24.6. The van der Waals surface area contributed by atoms with Crippen molar-refractivity contribution in [1.82, 2.24) is 10.1 Å². The van der Waals surface area contributed by atoms with Crippen LogP contribution in [-0.2, 0) is 17.5 Å². The van der Waals surface area contributed by atoms with Gasteiger partial charge < -0.3 is 16.0 Å². The molecule has 4 N–H and O–H groups in total. The highest BCUT2D eigenvalue weighted by Crippen LogP contribution is 2.37. The maximum atomic E-state index is 13.1. The van der Waals surface area contributed by atoms with Gasteiger partial charge in [0.25, 0.3) is 0 Å². The molecule has 0 saturated carbocycles. The average Bonchev–Trinajstić information content (AvgIpc) is 3.10. The number of nitrogens with two attached hydrogens (primary N) is 2. The highest BCUT2D eigenvalue weighted by Gasteiger charge is 2.31. The fourth-order valence-corrected chi connectivity index (χ4v) is 3.88. The van der Waals surface area contributed by atoms with Crippen LogP contribution in [0.3, 0.4) is 0 Å². The molecule has 0 bridgehead atoms. The van der Waals surface area contributed by atoms with Gasteiger partial charge in [-0.15, -0.1) is 0 Å². The van der Waals surface area contributed by atoms with Crippen molar-refractivity contribution in [3.63, 3.8) is 0 Å². The zero-order valence-corrected chi connectivity index (χ0v) is 19.4. The number of fused-ring (bicyclic) bond motifs is 3. The lowest BCUT2D eigenvalue weighted by molar-refractivity contribution is -0.137. The van der Waals surface area contributed by atoms with Crippen LogP contribution in [0.1, 0.15) is 35.1 Å². The van der Waals surface area contributed by atoms with E-state index >= 15 is 0 Å². The van der Waals surface area contributed by atoms with E-state index in [2.05, 4.69) is 15.9 Å². The minimum absolute atomic E-state index is 0.236. The van der Waals surface area contributed by atoms with Crippen LogP contribution in [0.2, 0.25) is 0 Å². The summed E-state index contributed by atoms with van der Waals surface area (Å²) in [5.74, 6) is 0.702. The summed E-state index contributed by atoms with van der Waals surface area (Å²) in [4.78, 5) is 18.1. The van der Waals surface area contributed by atoms with E-state index in [4.69, 9.17) is 15.2 Å². The van der Waals surface area contributed by atoms with Crippen molar-refractivity contribution >= 4 is 17.4 Å². The Balaban J connectivity index is 0.000000709. The number of halogens is 3. The number of aryl methyl sites for hydroxylation is 1. The first-order valence-electron chi connectivity index (χ1n) is 10.8. The number of pyridine rings is 1. The number of anilines is 1. The van der Waals surface area contributed by atoms with Crippen LogP contribution >= 0.6 is 0 Å². The lowest BCUT2D eigenvalue weighted by Crippen LogP contribution is -2.08. The van der Waals surface area contributed by atoms with Crippen LogP contribution in [0.15, 0.2) is 70.3 Å². The largest absolute Gasteiger partial charge is 0.416 e. The Hall–Kier alpha value is -4.47. The maximum absolute atomic E-state index is 13.1. The second-order valence-electron chi connectivity index (χ2n) is 8.15. The van der Waals surface area contributed by atoms with E-state index in [1.54, 1.807) is 12.3 Å². The molecule has 2 aromatic carbocycles. The fourth-order valence-electron chi connectivity index (χ4n) is 3.88. The van der Waals surface area contributed by atoms with Crippen molar-refractivity contribution < 1.29 is 22.5 Å². The Morgan fingerprint density at radius 3 is 2.22 bits per heavy atom. The second kappa shape index (κ2) is 9.65. The summed E-state index contributed by atoms with van der Waals surface area (Å²) in [6, 6.07) is 14.5. The minimum Gasteiger partial charge on any atom is -0.384 e. The molecule has 0 fully saturated rings. The molecule has 0 atom stereocenters. The second-order valence-corrected chi connectivity index (χ2v) is 8.15. The van der Waals surface area contributed by atoms with Gasteiger partial charge in [-0.2, -0.15) is 13.2 Å². The number of benzene rings is 2. The highest BCUT2D eigenvalue weighted by atomic mass is 19.4. The Morgan fingerprint density at radius 2 is 1.61 bits per heavy atom. The third-order valence-corrected chi connectivity index (χ3v) is 5.46. The summed E-state index contributed by atoms with van der Waals surface area (Å²) < 4.78 is 44.6. The van der Waals surface area contributed by atoms with Crippen LogP contribution in [0.25, 0.3) is 22.3 Å².